The van der Waals surface area contributed by atoms with Crippen molar-refractivity contribution in [3.8, 4) is 11.5 Å². The Balaban J connectivity index is 1.46. The fourth-order valence-corrected chi connectivity index (χ4v) is 6.00. The Morgan fingerprint density at radius 2 is 1.66 bits per heavy atom. The highest BCUT2D eigenvalue weighted by molar-refractivity contribution is 5.82. The predicted molar refractivity (Wildman–Crippen MR) is 179 cm³/mol. The molecule has 1 unspecified atom stereocenters. The molecule has 47 heavy (non-hydrogen) atoms. The Labute approximate surface area is 272 Å². The first kappa shape index (κ1) is 31.6. The Morgan fingerprint density at radius 1 is 0.872 bits per heavy atom. The van der Waals surface area contributed by atoms with Crippen molar-refractivity contribution in [1.29, 1.82) is 0 Å². The van der Waals surface area contributed by atoms with Crippen LogP contribution in [0, 0.1) is 12.7 Å². The third-order valence-electron chi connectivity index (χ3n) is 8.50. The molecule has 0 spiro atoms. The zero-order valence-electron chi connectivity index (χ0n) is 26.7. The zero-order chi connectivity index (χ0) is 32.8. The lowest BCUT2D eigenvalue weighted by atomic mass is 10.00. The highest BCUT2D eigenvalue weighted by Crippen LogP contribution is 2.31. The fraction of sp³-hybridized carbons (Fsp3) is 0.243. The molecule has 1 atom stereocenters. The van der Waals surface area contributed by atoms with E-state index in [1.54, 1.807) is 31.0 Å². The summed E-state index contributed by atoms with van der Waals surface area (Å²) in [6.45, 7) is 3.12. The predicted octanol–water partition coefficient (Wildman–Crippen LogP) is 6.06. The van der Waals surface area contributed by atoms with Crippen LogP contribution < -0.4 is 15.0 Å². The molecule has 2 heterocycles. The van der Waals surface area contributed by atoms with Gasteiger partial charge in [0, 0.05) is 30.8 Å². The molecule has 1 N–H and O–H groups in total. The van der Waals surface area contributed by atoms with E-state index in [0.29, 0.717) is 54.4 Å². The Morgan fingerprint density at radius 3 is 2.45 bits per heavy atom. The number of pyridine rings is 1. The molecule has 0 saturated carbocycles. The first-order valence-corrected chi connectivity index (χ1v) is 15.6. The molecule has 10 heteroatoms. The largest absolute Gasteiger partial charge is 0.493 e. The van der Waals surface area contributed by atoms with Crippen LogP contribution in [0.5, 0.6) is 11.5 Å². The molecule has 0 aliphatic carbocycles. The van der Waals surface area contributed by atoms with Gasteiger partial charge in [0.25, 0.3) is 5.56 Å². The van der Waals surface area contributed by atoms with Gasteiger partial charge in [0.2, 0.25) is 0 Å². The van der Waals surface area contributed by atoms with Crippen LogP contribution in [0.3, 0.4) is 0 Å². The number of fused-ring (bicyclic) bond motifs is 1. The molecule has 0 amide bonds. The molecule has 2 aromatic heterocycles. The number of aromatic nitrogens is 5. The van der Waals surface area contributed by atoms with Crippen LogP contribution in [0.2, 0.25) is 0 Å². The number of rotatable bonds is 13. The molecule has 0 fully saturated rings. The molecule has 6 rings (SSSR count). The summed E-state index contributed by atoms with van der Waals surface area (Å²) in [5.74, 6) is 1.43. The van der Waals surface area contributed by atoms with Crippen molar-refractivity contribution in [3.63, 3.8) is 0 Å². The molecule has 9 nitrogen and oxygen atoms in total. The lowest BCUT2D eigenvalue weighted by molar-refractivity contribution is 0.202. The number of nitrogens with one attached hydrogen (secondary N) is 1. The summed E-state index contributed by atoms with van der Waals surface area (Å²) in [6.07, 6.45) is 1.26. The van der Waals surface area contributed by atoms with Crippen LogP contribution in [0.15, 0.2) is 102 Å². The van der Waals surface area contributed by atoms with Crippen LogP contribution >= 0.6 is 0 Å². The first-order chi connectivity index (χ1) is 22.9. The van der Waals surface area contributed by atoms with E-state index in [-0.39, 0.29) is 17.9 Å². The Bertz CT molecular complexity index is 2030. The van der Waals surface area contributed by atoms with Crippen molar-refractivity contribution in [1.82, 2.24) is 30.1 Å². The summed E-state index contributed by atoms with van der Waals surface area (Å²) < 4.78 is 28.0. The summed E-state index contributed by atoms with van der Waals surface area (Å²) in [5.41, 5.74) is 4.59. The van der Waals surface area contributed by atoms with Gasteiger partial charge in [-0.3, -0.25) is 9.69 Å². The second kappa shape index (κ2) is 14.4. The standard InChI is InChI=1S/C37H37FN6O3/c1-25-10-9-14-28-23-30(37(45)39-34(25)28)35(36-40-41-42-44(36)21-19-26-11-5-4-6-12-26)43(24-29-13-7-8-15-31(29)38)20-18-27-16-17-32(46-2)33(22-27)47-3/h4-17,22-23,35H,18-21,24H2,1-3H3,(H,39,45). The number of hydrogen-bond acceptors (Lipinski definition) is 7. The number of halogens is 1. The second-order valence-corrected chi connectivity index (χ2v) is 11.5. The average molecular weight is 633 g/mol. The molecule has 0 aliphatic rings. The summed E-state index contributed by atoms with van der Waals surface area (Å²) in [4.78, 5) is 19.2. The third kappa shape index (κ3) is 7.07. The SMILES string of the molecule is COc1ccc(CCN(Cc2ccccc2F)C(c2cc3cccc(C)c3[nH]c2=O)c2nnnn2CCc2ccccc2)cc1OC. The number of ether oxygens (including phenoxy) is 2. The maximum absolute atomic E-state index is 15.3. The molecule has 0 radical (unpaired) electrons. The maximum atomic E-state index is 15.3. The van der Waals surface area contributed by atoms with E-state index in [4.69, 9.17) is 9.47 Å². The highest BCUT2D eigenvalue weighted by Gasteiger charge is 2.31. The summed E-state index contributed by atoms with van der Waals surface area (Å²) in [7, 11) is 3.20. The first-order valence-electron chi connectivity index (χ1n) is 15.6. The van der Waals surface area contributed by atoms with Gasteiger partial charge in [-0.15, -0.1) is 5.10 Å². The van der Waals surface area contributed by atoms with Gasteiger partial charge in [0.15, 0.2) is 17.3 Å². The quantitative estimate of drug-likeness (QED) is 0.165. The van der Waals surface area contributed by atoms with Gasteiger partial charge in [-0.2, -0.15) is 0 Å². The summed E-state index contributed by atoms with van der Waals surface area (Å²) in [6, 6.07) is 29.7. The van der Waals surface area contributed by atoms with Crippen molar-refractivity contribution in [2.24, 2.45) is 0 Å². The number of nitrogens with zero attached hydrogens (tertiary/aromatic N) is 5. The van der Waals surface area contributed by atoms with E-state index in [1.807, 2.05) is 73.7 Å². The number of aryl methyl sites for hydroxylation is 3. The molecular weight excluding hydrogens is 595 g/mol. The van der Waals surface area contributed by atoms with Crippen LogP contribution in [0.4, 0.5) is 4.39 Å². The fourth-order valence-electron chi connectivity index (χ4n) is 6.00. The minimum Gasteiger partial charge on any atom is -0.493 e. The number of hydrogen-bond donors (Lipinski definition) is 1. The summed E-state index contributed by atoms with van der Waals surface area (Å²) in [5, 5.41) is 13.8. The molecular formula is C37H37FN6O3. The van der Waals surface area contributed by atoms with E-state index in [9.17, 15) is 4.79 Å². The molecule has 0 saturated heterocycles. The minimum atomic E-state index is -0.700. The lowest BCUT2D eigenvalue weighted by Crippen LogP contribution is -2.36. The van der Waals surface area contributed by atoms with Crippen LogP contribution in [-0.2, 0) is 25.9 Å². The number of methoxy groups -OCH3 is 2. The van der Waals surface area contributed by atoms with Gasteiger partial charge >= 0.3 is 0 Å². The van der Waals surface area contributed by atoms with Crippen molar-refractivity contribution in [3.05, 3.63) is 147 Å². The number of aromatic amines is 1. The van der Waals surface area contributed by atoms with Gasteiger partial charge in [0.1, 0.15) is 11.9 Å². The lowest BCUT2D eigenvalue weighted by Gasteiger charge is -2.31. The van der Waals surface area contributed by atoms with E-state index in [1.165, 1.54) is 6.07 Å². The smallest absolute Gasteiger partial charge is 0.253 e. The van der Waals surface area contributed by atoms with Crippen LogP contribution in [-0.4, -0.2) is 50.9 Å². The summed E-state index contributed by atoms with van der Waals surface area (Å²) >= 11 is 0. The van der Waals surface area contributed by atoms with Crippen LogP contribution in [0.1, 0.15) is 39.7 Å². The average Bonchev–Trinajstić information content (AvgIpc) is 3.56. The van der Waals surface area contributed by atoms with E-state index >= 15 is 4.39 Å². The van der Waals surface area contributed by atoms with Gasteiger partial charge in [-0.25, -0.2) is 9.07 Å². The molecule has 0 aliphatic heterocycles. The van der Waals surface area contributed by atoms with Crippen molar-refractivity contribution >= 4 is 10.9 Å². The Kier molecular flexibility index (Phi) is 9.68. The topological polar surface area (TPSA) is 98.2 Å². The van der Waals surface area contributed by atoms with Crippen molar-refractivity contribution in [2.75, 3.05) is 20.8 Å². The Hall–Kier alpha value is -5.35. The molecule has 0 bridgehead atoms. The van der Waals surface area contributed by atoms with Gasteiger partial charge in [-0.05, 0) is 76.5 Å². The zero-order valence-corrected chi connectivity index (χ0v) is 26.7. The van der Waals surface area contributed by atoms with Gasteiger partial charge in [-0.1, -0.05) is 72.8 Å². The van der Waals surface area contributed by atoms with Gasteiger partial charge < -0.3 is 14.5 Å². The molecule has 4 aromatic carbocycles. The molecule has 240 valence electrons. The van der Waals surface area contributed by atoms with Crippen molar-refractivity contribution < 1.29 is 13.9 Å². The van der Waals surface area contributed by atoms with E-state index in [2.05, 4.69) is 37.5 Å². The van der Waals surface area contributed by atoms with Crippen LogP contribution in [0.25, 0.3) is 10.9 Å². The number of benzene rings is 4. The normalized spacial score (nSPS) is 12.0. The third-order valence-corrected chi connectivity index (χ3v) is 8.50. The van der Waals surface area contributed by atoms with E-state index < -0.39 is 6.04 Å². The van der Waals surface area contributed by atoms with Crippen molar-refractivity contribution in [2.45, 2.75) is 38.9 Å². The van der Waals surface area contributed by atoms with Gasteiger partial charge in [0.05, 0.1) is 19.7 Å². The minimum absolute atomic E-state index is 0.210. The monoisotopic (exact) mass is 632 g/mol. The maximum Gasteiger partial charge on any atom is 0.253 e. The number of para-hydroxylation sites is 1. The second-order valence-electron chi connectivity index (χ2n) is 11.5. The number of tetrazole rings is 1. The van der Waals surface area contributed by atoms with E-state index in [0.717, 1.165) is 27.6 Å². The number of H-pyrrole nitrogens is 1. The highest BCUT2D eigenvalue weighted by atomic mass is 19.1. The molecule has 6 aromatic rings.